The van der Waals surface area contributed by atoms with Crippen molar-refractivity contribution < 1.29 is 14.3 Å². The van der Waals surface area contributed by atoms with Crippen molar-refractivity contribution in [2.75, 3.05) is 26.8 Å². The van der Waals surface area contributed by atoms with Gasteiger partial charge >= 0.3 is 0 Å². The number of hydrogen-bond donors (Lipinski definition) is 1. The molecule has 2 heterocycles. The van der Waals surface area contributed by atoms with E-state index in [4.69, 9.17) is 9.47 Å². The Bertz CT molecular complexity index is 681. The molecule has 2 saturated heterocycles. The third-order valence-corrected chi connectivity index (χ3v) is 6.76. The van der Waals surface area contributed by atoms with E-state index in [0.717, 1.165) is 56.2 Å². The highest BCUT2D eigenvalue weighted by Gasteiger charge is 2.52. The lowest BCUT2D eigenvalue weighted by Gasteiger charge is -2.35. The van der Waals surface area contributed by atoms with Gasteiger partial charge in [-0.15, -0.1) is 0 Å². The van der Waals surface area contributed by atoms with Crippen molar-refractivity contribution in [3.05, 3.63) is 29.8 Å². The number of benzene rings is 1. The molecule has 1 amide bonds. The molecule has 1 aromatic rings. The van der Waals surface area contributed by atoms with Gasteiger partial charge in [0.2, 0.25) is 5.91 Å². The quantitative estimate of drug-likeness (QED) is 0.878. The fourth-order valence-corrected chi connectivity index (χ4v) is 4.76. The van der Waals surface area contributed by atoms with E-state index < -0.39 is 0 Å². The third-order valence-electron chi connectivity index (χ3n) is 6.76. The minimum absolute atomic E-state index is 0.201. The summed E-state index contributed by atoms with van der Waals surface area (Å²) in [7, 11) is 1.67. The molecule has 4 fully saturated rings. The van der Waals surface area contributed by atoms with Crippen LogP contribution < -0.4 is 10.1 Å². The number of ether oxygens (including phenoxy) is 2. The standard InChI is InChI=1S/C21H28N2O3/c1-25-18-6-4-15(5-7-18)21(8-9-21)20(24)22-16-10-17-13-26-19(14-2-3-14)12-23(17)11-16/h4-7,14,16-17,19H,2-3,8-13H2,1H3,(H,22,24)/t16-,17+,19-/m1/s1. The maximum Gasteiger partial charge on any atom is 0.230 e. The van der Waals surface area contributed by atoms with Crippen molar-refractivity contribution in [3.8, 4) is 5.75 Å². The van der Waals surface area contributed by atoms with Crippen LogP contribution in [0.2, 0.25) is 0 Å². The van der Waals surface area contributed by atoms with E-state index in [1.165, 1.54) is 12.8 Å². The van der Waals surface area contributed by atoms with Gasteiger partial charge in [-0.05, 0) is 55.7 Å². The summed E-state index contributed by atoms with van der Waals surface area (Å²) < 4.78 is 11.3. The average molecular weight is 356 g/mol. The third kappa shape index (κ3) is 2.91. The van der Waals surface area contributed by atoms with Gasteiger partial charge in [-0.2, -0.15) is 0 Å². The van der Waals surface area contributed by atoms with Gasteiger partial charge in [-0.1, -0.05) is 12.1 Å². The van der Waals surface area contributed by atoms with Crippen LogP contribution in [0.25, 0.3) is 0 Å². The molecule has 0 bridgehead atoms. The molecule has 3 atom stereocenters. The smallest absolute Gasteiger partial charge is 0.230 e. The molecule has 0 spiro atoms. The lowest BCUT2D eigenvalue weighted by atomic mass is 9.94. The Labute approximate surface area is 155 Å². The van der Waals surface area contributed by atoms with Crippen LogP contribution in [0, 0.1) is 5.92 Å². The topological polar surface area (TPSA) is 50.8 Å². The van der Waals surface area contributed by atoms with E-state index in [9.17, 15) is 4.79 Å². The van der Waals surface area contributed by atoms with Crippen LogP contribution in [0.3, 0.4) is 0 Å². The fraction of sp³-hybridized carbons (Fsp3) is 0.667. The molecule has 4 aliphatic rings. The summed E-state index contributed by atoms with van der Waals surface area (Å²) >= 11 is 0. The van der Waals surface area contributed by atoms with Crippen molar-refractivity contribution in [2.24, 2.45) is 5.92 Å². The van der Waals surface area contributed by atoms with Crippen molar-refractivity contribution in [2.45, 2.75) is 55.7 Å². The molecular formula is C21H28N2O3. The van der Waals surface area contributed by atoms with Gasteiger partial charge in [0.15, 0.2) is 0 Å². The second-order valence-corrected chi connectivity index (χ2v) is 8.53. The fourth-order valence-electron chi connectivity index (χ4n) is 4.76. The number of carbonyl (C=O) groups is 1. The predicted octanol–water partition coefficient (Wildman–Crippen LogP) is 2.09. The van der Waals surface area contributed by atoms with Crippen LogP contribution in [-0.4, -0.2) is 55.8 Å². The molecule has 2 saturated carbocycles. The predicted molar refractivity (Wildman–Crippen MR) is 98.3 cm³/mol. The largest absolute Gasteiger partial charge is 0.497 e. The first-order valence-electron chi connectivity index (χ1n) is 9.99. The van der Waals surface area contributed by atoms with Crippen LogP contribution in [0.5, 0.6) is 5.75 Å². The molecule has 1 aromatic carbocycles. The van der Waals surface area contributed by atoms with Gasteiger partial charge in [0.05, 0.1) is 25.2 Å². The van der Waals surface area contributed by atoms with Crippen LogP contribution in [0.1, 0.15) is 37.7 Å². The molecule has 5 heteroatoms. The molecule has 0 aromatic heterocycles. The Morgan fingerprint density at radius 3 is 2.65 bits per heavy atom. The Balaban J connectivity index is 1.22. The number of rotatable bonds is 5. The zero-order valence-corrected chi connectivity index (χ0v) is 15.4. The minimum atomic E-state index is -0.317. The van der Waals surface area contributed by atoms with E-state index in [1.54, 1.807) is 7.11 Å². The average Bonchev–Trinajstić information content (AvgIpc) is 3.58. The summed E-state index contributed by atoms with van der Waals surface area (Å²) in [5.74, 6) is 1.82. The van der Waals surface area contributed by atoms with E-state index >= 15 is 0 Å². The first-order valence-corrected chi connectivity index (χ1v) is 9.99. The summed E-state index contributed by atoms with van der Waals surface area (Å²) in [5, 5.41) is 3.36. The molecule has 5 rings (SSSR count). The Morgan fingerprint density at radius 1 is 1.23 bits per heavy atom. The number of fused-ring (bicyclic) bond motifs is 1. The number of nitrogens with one attached hydrogen (secondary N) is 1. The number of nitrogens with zero attached hydrogens (tertiary/aromatic N) is 1. The van der Waals surface area contributed by atoms with Crippen molar-refractivity contribution in [1.82, 2.24) is 10.2 Å². The summed E-state index contributed by atoms with van der Waals surface area (Å²) in [6, 6.07) is 8.72. The normalized spacial score (nSPS) is 32.7. The lowest BCUT2D eigenvalue weighted by Crippen LogP contribution is -2.47. The summed E-state index contributed by atoms with van der Waals surface area (Å²) in [6.07, 6.45) is 5.98. The highest BCUT2D eigenvalue weighted by molar-refractivity contribution is 5.91. The maximum atomic E-state index is 13.0. The molecular weight excluding hydrogens is 328 g/mol. The SMILES string of the molecule is COc1ccc(C2(C(=O)N[C@@H]3C[C@H]4CO[C@@H](C5CC5)CN4C3)CC2)cc1. The van der Waals surface area contributed by atoms with Gasteiger partial charge in [0.1, 0.15) is 5.75 Å². The second-order valence-electron chi connectivity index (χ2n) is 8.53. The van der Waals surface area contributed by atoms with Gasteiger partial charge in [0, 0.05) is 25.2 Å². The van der Waals surface area contributed by atoms with Crippen LogP contribution >= 0.6 is 0 Å². The summed E-state index contributed by atoms with van der Waals surface area (Å²) in [4.78, 5) is 15.6. The Kier molecular flexibility index (Phi) is 3.98. The molecule has 26 heavy (non-hydrogen) atoms. The second kappa shape index (κ2) is 6.24. The summed E-state index contributed by atoms with van der Waals surface area (Å²) in [6.45, 7) is 2.85. The van der Waals surface area contributed by atoms with Crippen LogP contribution in [0.4, 0.5) is 0 Å². The number of methoxy groups -OCH3 is 1. The van der Waals surface area contributed by atoms with Gasteiger partial charge < -0.3 is 14.8 Å². The lowest BCUT2D eigenvalue weighted by molar-refractivity contribution is -0.124. The van der Waals surface area contributed by atoms with Gasteiger partial charge in [-0.3, -0.25) is 9.69 Å². The monoisotopic (exact) mass is 356 g/mol. The summed E-state index contributed by atoms with van der Waals surface area (Å²) in [5.41, 5.74) is 0.797. The Morgan fingerprint density at radius 2 is 2.00 bits per heavy atom. The highest BCUT2D eigenvalue weighted by Crippen LogP contribution is 2.49. The van der Waals surface area contributed by atoms with Gasteiger partial charge in [0.25, 0.3) is 0 Å². The number of hydrogen-bond acceptors (Lipinski definition) is 4. The highest BCUT2D eigenvalue weighted by atomic mass is 16.5. The number of carbonyl (C=O) groups excluding carboxylic acids is 1. The first kappa shape index (κ1) is 16.6. The Hall–Kier alpha value is -1.59. The minimum Gasteiger partial charge on any atom is -0.497 e. The zero-order chi connectivity index (χ0) is 17.7. The van der Waals surface area contributed by atoms with E-state index in [0.29, 0.717) is 12.1 Å². The maximum absolute atomic E-state index is 13.0. The molecule has 2 aliphatic heterocycles. The molecule has 0 unspecified atom stereocenters. The number of amides is 1. The van der Waals surface area contributed by atoms with Crippen molar-refractivity contribution in [1.29, 1.82) is 0 Å². The molecule has 140 valence electrons. The molecule has 5 nitrogen and oxygen atoms in total. The van der Waals surface area contributed by atoms with E-state index in [1.807, 2.05) is 24.3 Å². The molecule has 2 aliphatic carbocycles. The molecule has 0 radical (unpaired) electrons. The van der Waals surface area contributed by atoms with Gasteiger partial charge in [-0.25, -0.2) is 0 Å². The number of morpholine rings is 1. The van der Waals surface area contributed by atoms with Crippen LogP contribution in [-0.2, 0) is 14.9 Å². The van der Waals surface area contributed by atoms with Crippen LogP contribution in [0.15, 0.2) is 24.3 Å². The van der Waals surface area contributed by atoms with E-state index in [2.05, 4.69) is 10.2 Å². The zero-order valence-electron chi connectivity index (χ0n) is 15.4. The molecule has 1 N–H and O–H groups in total. The first-order chi connectivity index (χ1) is 12.7. The van der Waals surface area contributed by atoms with Crippen molar-refractivity contribution >= 4 is 5.91 Å². The van der Waals surface area contributed by atoms with E-state index in [-0.39, 0.29) is 17.4 Å². The van der Waals surface area contributed by atoms with Crippen molar-refractivity contribution in [3.63, 3.8) is 0 Å².